The molecule has 0 aliphatic rings. The van der Waals surface area contributed by atoms with Crippen LogP contribution in [0.4, 0.5) is 4.79 Å². The van der Waals surface area contributed by atoms with Gasteiger partial charge in [0.25, 0.3) is 0 Å². The van der Waals surface area contributed by atoms with Gasteiger partial charge in [-0.3, -0.25) is 9.59 Å². The minimum absolute atomic E-state index is 0.0835. The average molecular weight is 294 g/mol. The molecular weight excluding hydrogens is 276 g/mol. The fourth-order valence-electron chi connectivity index (χ4n) is 1.24. The van der Waals surface area contributed by atoms with Crippen LogP contribution >= 0.6 is 0 Å². The summed E-state index contributed by atoms with van der Waals surface area (Å²) in [4.78, 5) is 32.0. The highest BCUT2D eigenvalue weighted by Crippen LogP contribution is 2.08. The zero-order valence-electron chi connectivity index (χ0n) is 10.7. The molecule has 0 rings (SSSR count). The topological polar surface area (TPSA) is 151 Å². The summed E-state index contributed by atoms with van der Waals surface area (Å²) in [7, 11) is 0. The second-order valence-electron chi connectivity index (χ2n) is 3.96. The number of aliphatic carboxylic acids is 2. The van der Waals surface area contributed by atoms with Gasteiger partial charge in [0.2, 0.25) is 0 Å². The van der Waals surface area contributed by atoms with Crippen molar-refractivity contribution in [3.63, 3.8) is 0 Å². The standard InChI is InChI=1S/C11H18O9/c12-5-7(1-3-9(14)15)19-11(18)20-8(6-13)2-4-10(16)17/h7-8,12-13H,1-6H2,(H,14,15)(H,16,17). The first kappa shape index (κ1) is 18.1. The van der Waals surface area contributed by atoms with Crippen LogP contribution < -0.4 is 0 Å². The van der Waals surface area contributed by atoms with Crippen molar-refractivity contribution >= 4 is 18.1 Å². The largest absolute Gasteiger partial charge is 0.508 e. The van der Waals surface area contributed by atoms with Crippen molar-refractivity contribution in [1.82, 2.24) is 0 Å². The molecule has 9 heteroatoms. The van der Waals surface area contributed by atoms with E-state index in [0.29, 0.717) is 0 Å². The van der Waals surface area contributed by atoms with Gasteiger partial charge in [0, 0.05) is 12.8 Å². The average Bonchev–Trinajstić information content (AvgIpc) is 2.38. The smallest absolute Gasteiger partial charge is 0.481 e. The molecule has 0 saturated carbocycles. The fraction of sp³-hybridized carbons (Fsp3) is 0.727. The van der Waals surface area contributed by atoms with Gasteiger partial charge in [0.15, 0.2) is 0 Å². The maximum Gasteiger partial charge on any atom is 0.508 e. The molecule has 0 aromatic heterocycles. The lowest BCUT2D eigenvalue weighted by Crippen LogP contribution is -2.28. The van der Waals surface area contributed by atoms with Crippen LogP contribution in [0.3, 0.4) is 0 Å². The van der Waals surface area contributed by atoms with E-state index in [1.807, 2.05) is 0 Å². The van der Waals surface area contributed by atoms with Gasteiger partial charge in [-0.15, -0.1) is 0 Å². The molecule has 0 amide bonds. The third-order valence-electron chi connectivity index (χ3n) is 2.29. The van der Waals surface area contributed by atoms with Crippen LogP contribution in [0.5, 0.6) is 0 Å². The SMILES string of the molecule is O=C(O)CCC(CO)OC(=O)OC(CO)CCC(=O)O. The van der Waals surface area contributed by atoms with Gasteiger partial charge in [-0.1, -0.05) is 0 Å². The van der Waals surface area contributed by atoms with Crippen molar-refractivity contribution in [2.45, 2.75) is 37.9 Å². The Morgan fingerprint density at radius 2 is 1.15 bits per heavy atom. The highest BCUT2D eigenvalue weighted by molar-refractivity contribution is 5.67. The zero-order chi connectivity index (χ0) is 15.5. The lowest BCUT2D eigenvalue weighted by atomic mass is 10.2. The molecule has 0 saturated heterocycles. The molecule has 116 valence electrons. The van der Waals surface area contributed by atoms with Crippen LogP contribution in [0.15, 0.2) is 0 Å². The van der Waals surface area contributed by atoms with E-state index in [0.717, 1.165) is 0 Å². The molecule has 9 nitrogen and oxygen atoms in total. The molecule has 0 aliphatic heterocycles. The summed E-state index contributed by atoms with van der Waals surface area (Å²) in [5.74, 6) is -2.20. The van der Waals surface area contributed by atoms with E-state index in [1.165, 1.54) is 0 Å². The highest BCUT2D eigenvalue weighted by Gasteiger charge is 2.20. The molecule has 0 bridgehead atoms. The predicted molar refractivity (Wildman–Crippen MR) is 63.1 cm³/mol. The van der Waals surface area contributed by atoms with Crippen LogP contribution in [-0.2, 0) is 19.1 Å². The fourth-order valence-corrected chi connectivity index (χ4v) is 1.24. The predicted octanol–water partition coefficient (Wildman–Crippen LogP) is -0.409. The Morgan fingerprint density at radius 3 is 1.40 bits per heavy atom. The van der Waals surface area contributed by atoms with E-state index in [9.17, 15) is 14.4 Å². The van der Waals surface area contributed by atoms with E-state index < -0.39 is 43.5 Å². The number of hydrogen-bond acceptors (Lipinski definition) is 7. The number of ether oxygens (including phenoxy) is 2. The Kier molecular flexibility index (Phi) is 9.05. The summed E-state index contributed by atoms with van der Waals surface area (Å²) in [6.07, 6.45) is -4.00. The number of carbonyl (C=O) groups excluding carboxylic acids is 1. The van der Waals surface area contributed by atoms with Crippen molar-refractivity contribution in [1.29, 1.82) is 0 Å². The quantitative estimate of drug-likeness (QED) is 0.394. The van der Waals surface area contributed by atoms with Crippen LogP contribution in [0.2, 0.25) is 0 Å². The van der Waals surface area contributed by atoms with Gasteiger partial charge >= 0.3 is 18.1 Å². The van der Waals surface area contributed by atoms with E-state index in [-0.39, 0.29) is 25.7 Å². The van der Waals surface area contributed by atoms with Crippen LogP contribution in [0.25, 0.3) is 0 Å². The Hall–Kier alpha value is -1.87. The van der Waals surface area contributed by atoms with Crippen molar-refractivity contribution in [2.75, 3.05) is 13.2 Å². The van der Waals surface area contributed by atoms with Gasteiger partial charge < -0.3 is 29.9 Å². The first-order valence-corrected chi connectivity index (χ1v) is 5.91. The lowest BCUT2D eigenvalue weighted by Gasteiger charge is -2.18. The van der Waals surface area contributed by atoms with Crippen molar-refractivity contribution in [3.8, 4) is 0 Å². The second kappa shape index (κ2) is 9.98. The van der Waals surface area contributed by atoms with E-state index in [4.69, 9.17) is 20.4 Å². The third kappa shape index (κ3) is 9.11. The molecule has 2 atom stereocenters. The summed E-state index contributed by atoms with van der Waals surface area (Å²) in [6.45, 7) is -1.14. The maximum absolute atomic E-state index is 11.3. The van der Waals surface area contributed by atoms with Crippen molar-refractivity contribution < 1.29 is 44.3 Å². The number of carboxylic acids is 2. The third-order valence-corrected chi connectivity index (χ3v) is 2.29. The summed E-state index contributed by atoms with van der Waals surface area (Å²) in [5.41, 5.74) is 0. The summed E-state index contributed by atoms with van der Waals surface area (Å²) in [5, 5.41) is 34.7. The Balaban J connectivity index is 4.14. The molecule has 0 heterocycles. The molecule has 0 spiro atoms. The van der Waals surface area contributed by atoms with Gasteiger partial charge in [-0.05, 0) is 12.8 Å². The maximum atomic E-state index is 11.3. The molecule has 4 N–H and O–H groups in total. The molecule has 0 aromatic rings. The Labute approximate surface area is 114 Å². The first-order valence-electron chi connectivity index (χ1n) is 5.91. The van der Waals surface area contributed by atoms with Crippen molar-refractivity contribution in [3.05, 3.63) is 0 Å². The Bertz CT molecular complexity index is 298. The number of hydrogen-bond donors (Lipinski definition) is 4. The van der Waals surface area contributed by atoms with Gasteiger partial charge in [0.1, 0.15) is 12.2 Å². The van der Waals surface area contributed by atoms with Crippen LogP contribution in [0.1, 0.15) is 25.7 Å². The first-order chi connectivity index (χ1) is 9.38. The number of rotatable bonds is 10. The van der Waals surface area contributed by atoms with Gasteiger partial charge in [-0.2, -0.15) is 0 Å². The molecule has 20 heavy (non-hydrogen) atoms. The normalized spacial score (nSPS) is 13.3. The van der Waals surface area contributed by atoms with E-state index in [2.05, 4.69) is 9.47 Å². The summed E-state index contributed by atoms with van der Waals surface area (Å²) in [6, 6.07) is 0. The second-order valence-corrected chi connectivity index (χ2v) is 3.96. The zero-order valence-corrected chi connectivity index (χ0v) is 10.7. The number of carbonyl (C=O) groups is 3. The minimum atomic E-state index is -1.20. The number of aliphatic hydroxyl groups excluding tert-OH is 2. The minimum Gasteiger partial charge on any atom is -0.481 e. The lowest BCUT2D eigenvalue weighted by molar-refractivity contribution is -0.138. The van der Waals surface area contributed by atoms with Crippen molar-refractivity contribution in [2.24, 2.45) is 0 Å². The number of aliphatic hydroxyl groups is 2. The Morgan fingerprint density at radius 1 is 0.800 bits per heavy atom. The summed E-state index contributed by atoms with van der Waals surface area (Å²) < 4.78 is 9.31. The monoisotopic (exact) mass is 294 g/mol. The highest BCUT2D eigenvalue weighted by atomic mass is 16.7. The molecule has 0 radical (unpaired) electrons. The van der Waals surface area contributed by atoms with Crippen LogP contribution in [0, 0.1) is 0 Å². The van der Waals surface area contributed by atoms with E-state index >= 15 is 0 Å². The summed E-state index contributed by atoms with van der Waals surface area (Å²) >= 11 is 0. The molecule has 2 unspecified atom stereocenters. The molecule has 0 fully saturated rings. The van der Waals surface area contributed by atoms with Gasteiger partial charge in [-0.25, -0.2) is 4.79 Å². The molecule has 0 aromatic carbocycles. The number of carboxylic acid groups (broad SMARTS) is 2. The molecular formula is C11H18O9. The van der Waals surface area contributed by atoms with E-state index in [1.54, 1.807) is 0 Å². The van der Waals surface area contributed by atoms with Crippen LogP contribution in [-0.4, -0.2) is 63.9 Å². The molecule has 0 aliphatic carbocycles. The van der Waals surface area contributed by atoms with Gasteiger partial charge in [0.05, 0.1) is 13.2 Å².